The van der Waals surface area contributed by atoms with Gasteiger partial charge >= 0.3 is 12.0 Å². The second-order valence-electron chi connectivity index (χ2n) is 4.72. The fourth-order valence-corrected chi connectivity index (χ4v) is 2.06. The van der Waals surface area contributed by atoms with Crippen LogP contribution < -0.4 is 20.1 Å². The van der Waals surface area contributed by atoms with Crippen molar-refractivity contribution in [3.05, 3.63) is 35.5 Å². The molecule has 0 saturated heterocycles. The highest BCUT2D eigenvalue weighted by atomic mass is 16.5. The lowest BCUT2D eigenvalue weighted by Gasteiger charge is -2.23. The van der Waals surface area contributed by atoms with Crippen molar-refractivity contribution in [2.24, 2.45) is 0 Å². The maximum atomic E-state index is 11.5. The lowest BCUT2D eigenvalue weighted by Crippen LogP contribution is -2.43. The highest BCUT2D eigenvalue weighted by Gasteiger charge is 2.24. The van der Waals surface area contributed by atoms with E-state index >= 15 is 0 Å². The molecule has 2 amide bonds. The fraction of sp³-hybridized carbons (Fsp3) is 0.333. The Hall–Kier alpha value is -2.70. The number of benzene rings is 1. The number of nitrogens with one attached hydrogen (secondary N) is 2. The first-order valence-electron chi connectivity index (χ1n) is 6.88. The van der Waals surface area contributed by atoms with E-state index in [0.29, 0.717) is 23.7 Å². The topological polar surface area (TPSA) is 96.9 Å². The van der Waals surface area contributed by atoms with Gasteiger partial charge in [-0.05, 0) is 30.2 Å². The first-order valence-corrected chi connectivity index (χ1v) is 6.88. The predicted octanol–water partition coefficient (Wildman–Crippen LogP) is 1.81. The molecule has 0 bridgehead atoms. The summed E-state index contributed by atoms with van der Waals surface area (Å²) in [5, 5.41) is 13.9. The SMILES string of the molecule is CCCOc1ccc([C@H]2C=C(C(=O)O)NC(=O)N2)cc1OC. The molecule has 0 unspecified atom stereocenters. The van der Waals surface area contributed by atoms with Gasteiger partial charge in [0.1, 0.15) is 5.70 Å². The van der Waals surface area contributed by atoms with Crippen molar-refractivity contribution >= 4 is 12.0 Å². The van der Waals surface area contributed by atoms with Crippen LogP contribution in [0.5, 0.6) is 11.5 Å². The number of hydrogen-bond donors (Lipinski definition) is 3. The maximum absolute atomic E-state index is 11.5. The van der Waals surface area contributed by atoms with Gasteiger partial charge in [0, 0.05) is 0 Å². The van der Waals surface area contributed by atoms with Crippen molar-refractivity contribution in [1.29, 1.82) is 0 Å². The summed E-state index contributed by atoms with van der Waals surface area (Å²) in [6.07, 6.45) is 2.31. The van der Waals surface area contributed by atoms with Crippen LogP contribution in [0.1, 0.15) is 24.9 Å². The van der Waals surface area contributed by atoms with Crippen molar-refractivity contribution in [3.8, 4) is 11.5 Å². The van der Waals surface area contributed by atoms with Crippen LogP contribution in [0.3, 0.4) is 0 Å². The van der Waals surface area contributed by atoms with Gasteiger partial charge in [0.2, 0.25) is 0 Å². The molecule has 2 rings (SSSR count). The Morgan fingerprint density at radius 3 is 2.77 bits per heavy atom. The van der Waals surface area contributed by atoms with Gasteiger partial charge in [0.25, 0.3) is 0 Å². The summed E-state index contributed by atoms with van der Waals surface area (Å²) in [6.45, 7) is 2.58. The van der Waals surface area contributed by atoms with Crippen molar-refractivity contribution in [2.45, 2.75) is 19.4 Å². The van der Waals surface area contributed by atoms with E-state index in [4.69, 9.17) is 14.6 Å². The van der Waals surface area contributed by atoms with E-state index in [1.807, 2.05) is 6.92 Å². The molecule has 1 aromatic carbocycles. The zero-order valence-corrected chi connectivity index (χ0v) is 12.4. The Morgan fingerprint density at radius 2 is 2.14 bits per heavy atom. The lowest BCUT2D eigenvalue weighted by molar-refractivity contribution is -0.133. The molecule has 7 nitrogen and oxygen atoms in total. The first-order chi connectivity index (χ1) is 10.5. The molecule has 1 atom stereocenters. The normalized spacial score (nSPS) is 17.1. The minimum Gasteiger partial charge on any atom is -0.493 e. The van der Waals surface area contributed by atoms with Crippen LogP contribution in [0.2, 0.25) is 0 Å². The summed E-state index contributed by atoms with van der Waals surface area (Å²) < 4.78 is 10.9. The molecular weight excluding hydrogens is 288 g/mol. The molecule has 118 valence electrons. The van der Waals surface area contributed by atoms with Gasteiger partial charge in [-0.1, -0.05) is 13.0 Å². The third kappa shape index (κ3) is 3.49. The number of ether oxygens (including phenoxy) is 2. The molecule has 1 aliphatic rings. The number of hydrogen-bond acceptors (Lipinski definition) is 4. The average molecular weight is 306 g/mol. The minimum absolute atomic E-state index is 0.154. The van der Waals surface area contributed by atoms with Gasteiger partial charge < -0.3 is 25.2 Å². The molecule has 0 saturated carbocycles. The molecule has 0 spiro atoms. The number of methoxy groups -OCH3 is 1. The molecule has 1 aromatic rings. The molecular formula is C15H18N2O5. The van der Waals surface area contributed by atoms with E-state index in [9.17, 15) is 9.59 Å². The standard InChI is InChI=1S/C15H18N2O5/c1-3-6-22-12-5-4-9(7-13(12)21-2)10-8-11(14(18)19)17-15(20)16-10/h4-5,7-8,10H,3,6H2,1-2H3,(H,18,19)(H2,16,17,20)/t10-/m1/s1. The maximum Gasteiger partial charge on any atom is 0.352 e. The highest BCUT2D eigenvalue weighted by molar-refractivity contribution is 5.93. The average Bonchev–Trinajstić information content (AvgIpc) is 2.52. The molecule has 3 N–H and O–H groups in total. The first kappa shape index (κ1) is 15.7. The monoisotopic (exact) mass is 306 g/mol. The number of urea groups is 1. The van der Waals surface area contributed by atoms with Crippen LogP contribution in [0.4, 0.5) is 4.79 Å². The minimum atomic E-state index is -1.19. The third-order valence-corrected chi connectivity index (χ3v) is 3.11. The third-order valence-electron chi connectivity index (χ3n) is 3.11. The van der Waals surface area contributed by atoms with Crippen LogP contribution in [0.25, 0.3) is 0 Å². The molecule has 0 aliphatic carbocycles. The van der Waals surface area contributed by atoms with Crippen LogP contribution in [0, 0.1) is 0 Å². The number of carboxylic acid groups (broad SMARTS) is 1. The van der Waals surface area contributed by atoms with Gasteiger partial charge in [-0.3, -0.25) is 0 Å². The van der Waals surface area contributed by atoms with E-state index in [-0.39, 0.29) is 5.70 Å². The predicted molar refractivity (Wildman–Crippen MR) is 78.9 cm³/mol. The van der Waals surface area contributed by atoms with Crippen LogP contribution in [-0.2, 0) is 4.79 Å². The van der Waals surface area contributed by atoms with E-state index in [1.54, 1.807) is 18.2 Å². The van der Waals surface area contributed by atoms with Gasteiger partial charge in [-0.15, -0.1) is 0 Å². The smallest absolute Gasteiger partial charge is 0.352 e. The number of carbonyl (C=O) groups is 2. The van der Waals surface area contributed by atoms with Crippen molar-refractivity contribution in [2.75, 3.05) is 13.7 Å². The molecule has 0 aromatic heterocycles. The lowest BCUT2D eigenvalue weighted by atomic mass is 10.0. The Kier molecular flexibility index (Phi) is 4.88. The summed E-state index contributed by atoms with van der Waals surface area (Å²) in [7, 11) is 1.53. The fourth-order valence-electron chi connectivity index (χ4n) is 2.06. The zero-order chi connectivity index (χ0) is 16.1. The van der Waals surface area contributed by atoms with Gasteiger partial charge in [-0.2, -0.15) is 0 Å². The second kappa shape index (κ2) is 6.84. The molecule has 1 heterocycles. The second-order valence-corrected chi connectivity index (χ2v) is 4.72. The summed E-state index contributed by atoms with van der Waals surface area (Å²) in [5.41, 5.74) is 0.549. The van der Waals surface area contributed by atoms with Gasteiger partial charge in [0.05, 0.1) is 19.8 Å². The van der Waals surface area contributed by atoms with Crippen molar-refractivity contribution < 1.29 is 24.2 Å². The summed E-state index contributed by atoms with van der Waals surface area (Å²) in [6, 6.07) is 4.12. The Balaban J connectivity index is 2.30. The Bertz CT molecular complexity index is 612. The highest BCUT2D eigenvalue weighted by Crippen LogP contribution is 2.31. The number of carbonyl (C=O) groups excluding carboxylic acids is 1. The summed E-state index contributed by atoms with van der Waals surface area (Å²) >= 11 is 0. The summed E-state index contributed by atoms with van der Waals surface area (Å²) in [4.78, 5) is 22.6. The number of rotatable bonds is 6. The number of aliphatic carboxylic acids is 1. The van der Waals surface area contributed by atoms with Gasteiger partial charge in [0.15, 0.2) is 11.5 Å². The molecule has 0 radical (unpaired) electrons. The van der Waals surface area contributed by atoms with Crippen LogP contribution in [-0.4, -0.2) is 30.8 Å². The number of carboxylic acids is 1. The Morgan fingerprint density at radius 1 is 1.36 bits per heavy atom. The molecule has 0 fully saturated rings. The number of amides is 2. The summed E-state index contributed by atoms with van der Waals surface area (Å²) in [5.74, 6) is -0.0467. The molecule has 22 heavy (non-hydrogen) atoms. The van der Waals surface area contributed by atoms with Gasteiger partial charge in [-0.25, -0.2) is 9.59 Å². The van der Waals surface area contributed by atoms with E-state index < -0.39 is 18.0 Å². The quantitative estimate of drug-likeness (QED) is 0.744. The molecule has 7 heteroatoms. The Labute approximate surface area is 127 Å². The van der Waals surface area contributed by atoms with Crippen molar-refractivity contribution in [3.63, 3.8) is 0 Å². The van der Waals surface area contributed by atoms with Crippen LogP contribution >= 0.6 is 0 Å². The van der Waals surface area contributed by atoms with Crippen LogP contribution in [0.15, 0.2) is 30.0 Å². The van der Waals surface area contributed by atoms with Crippen molar-refractivity contribution in [1.82, 2.24) is 10.6 Å². The molecule has 1 aliphatic heterocycles. The zero-order valence-electron chi connectivity index (χ0n) is 12.4. The van der Waals surface area contributed by atoms with E-state index in [1.165, 1.54) is 13.2 Å². The largest absolute Gasteiger partial charge is 0.493 e. The van der Waals surface area contributed by atoms with E-state index in [0.717, 1.165) is 6.42 Å². The van der Waals surface area contributed by atoms with E-state index in [2.05, 4.69) is 10.6 Å².